The molecule has 0 saturated carbocycles. The lowest BCUT2D eigenvalue weighted by atomic mass is 10.1. The topological polar surface area (TPSA) is 55.3 Å². The summed E-state index contributed by atoms with van der Waals surface area (Å²) >= 11 is 6.91. The summed E-state index contributed by atoms with van der Waals surface area (Å²) in [5, 5.41) is 2.03. The van der Waals surface area contributed by atoms with Crippen LogP contribution in [0, 0.1) is 6.92 Å². The average Bonchev–Trinajstić information content (AvgIpc) is 3.02. The fourth-order valence-electron chi connectivity index (χ4n) is 1.98. The maximum Gasteiger partial charge on any atom is 0.193 e. The second-order valence-electron chi connectivity index (χ2n) is 4.35. The molecule has 100 valence electrons. The average molecular weight is 357 g/mol. The second kappa shape index (κ2) is 5.34. The van der Waals surface area contributed by atoms with E-state index < -0.39 is 0 Å². The van der Waals surface area contributed by atoms with E-state index in [1.807, 2.05) is 16.0 Å². The predicted molar refractivity (Wildman–Crippen MR) is 83.6 cm³/mol. The lowest BCUT2D eigenvalue weighted by molar-refractivity contribution is 0.555. The minimum absolute atomic E-state index is 0.0969. The van der Waals surface area contributed by atoms with Gasteiger partial charge in [-0.1, -0.05) is 0 Å². The molecule has 0 aliphatic rings. The molecular formula is C12H13BrN4S2. The van der Waals surface area contributed by atoms with Crippen LogP contribution in [-0.2, 0) is 6.42 Å². The van der Waals surface area contributed by atoms with E-state index in [2.05, 4.69) is 45.5 Å². The summed E-state index contributed by atoms with van der Waals surface area (Å²) in [6.45, 7) is 2.09. The summed E-state index contributed by atoms with van der Waals surface area (Å²) < 4.78 is 3.21. The molecule has 0 saturated heterocycles. The largest absolute Gasteiger partial charge is 0.297 e. The number of thiazole rings is 1. The highest BCUT2D eigenvalue weighted by Gasteiger charge is 2.16. The molecule has 7 heteroatoms. The number of fused-ring (bicyclic) bond motifs is 1. The number of imidazole rings is 1. The van der Waals surface area contributed by atoms with Crippen molar-refractivity contribution in [3.8, 4) is 0 Å². The maximum atomic E-state index is 5.69. The molecule has 0 radical (unpaired) electrons. The standard InChI is InChI=1S/C12H13BrN4S2/c1-7-4-10(19-11(7)13)9(16-14)5-8-6-17-2-3-18-12(17)15-8/h2-4,6,9,16H,5,14H2,1H3. The quantitative estimate of drug-likeness (QED) is 0.557. The first-order chi connectivity index (χ1) is 9.17. The number of rotatable bonds is 4. The molecule has 0 amide bonds. The van der Waals surface area contributed by atoms with Gasteiger partial charge in [-0.2, -0.15) is 0 Å². The van der Waals surface area contributed by atoms with Crippen LogP contribution in [0.4, 0.5) is 0 Å². The maximum absolute atomic E-state index is 5.69. The lowest BCUT2D eigenvalue weighted by Crippen LogP contribution is -2.29. The van der Waals surface area contributed by atoms with E-state index in [4.69, 9.17) is 5.84 Å². The number of hydrogen-bond donors (Lipinski definition) is 2. The van der Waals surface area contributed by atoms with Crippen molar-refractivity contribution in [2.24, 2.45) is 5.84 Å². The minimum Gasteiger partial charge on any atom is -0.297 e. The molecule has 3 aromatic rings. The van der Waals surface area contributed by atoms with E-state index in [-0.39, 0.29) is 6.04 Å². The number of nitrogens with two attached hydrogens (primary N) is 1. The normalized spacial score (nSPS) is 13.2. The molecule has 3 N–H and O–H groups in total. The minimum atomic E-state index is 0.0969. The molecule has 0 aromatic carbocycles. The van der Waals surface area contributed by atoms with Gasteiger partial charge in [0.1, 0.15) is 0 Å². The molecule has 1 atom stereocenters. The van der Waals surface area contributed by atoms with Gasteiger partial charge in [-0.15, -0.1) is 22.7 Å². The highest BCUT2D eigenvalue weighted by molar-refractivity contribution is 9.11. The van der Waals surface area contributed by atoms with Crippen molar-refractivity contribution in [2.45, 2.75) is 19.4 Å². The second-order valence-corrected chi connectivity index (χ2v) is 7.63. The Morgan fingerprint density at radius 1 is 1.58 bits per heavy atom. The highest BCUT2D eigenvalue weighted by Crippen LogP contribution is 2.32. The van der Waals surface area contributed by atoms with Crippen molar-refractivity contribution in [1.29, 1.82) is 0 Å². The Balaban J connectivity index is 1.84. The first-order valence-electron chi connectivity index (χ1n) is 5.80. The van der Waals surface area contributed by atoms with Gasteiger partial charge in [0.2, 0.25) is 0 Å². The third kappa shape index (κ3) is 2.61. The Morgan fingerprint density at radius 3 is 3.05 bits per heavy atom. The van der Waals surface area contributed by atoms with Crippen molar-refractivity contribution < 1.29 is 0 Å². The van der Waals surface area contributed by atoms with Crippen LogP contribution in [0.15, 0.2) is 27.6 Å². The van der Waals surface area contributed by atoms with Gasteiger partial charge in [-0.05, 0) is 34.5 Å². The van der Waals surface area contributed by atoms with E-state index in [1.54, 1.807) is 22.7 Å². The van der Waals surface area contributed by atoms with Gasteiger partial charge in [0, 0.05) is 29.1 Å². The van der Waals surface area contributed by atoms with Crippen LogP contribution in [0.5, 0.6) is 0 Å². The third-order valence-corrected chi connectivity index (χ3v) is 6.00. The van der Waals surface area contributed by atoms with E-state index in [9.17, 15) is 0 Å². The Kier molecular flexibility index (Phi) is 3.72. The van der Waals surface area contributed by atoms with Gasteiger partial charge in [0.15, 0.2) is 4.96 Å². The number of halogens is 1. The highest BCUT2D eigenvalue weighted by atomic mass is 79.9. The van der Waals surface area contributed by atoms with E-state index in [0.717, 1.165) is 20.9 Å². The summed E-state index contributed by atoms with van der Waals surface area (Å²) in [6.07, 6.45) is 4.87. The van der Waals surface area contributed by atoms with Crippen molar-refractivity contribution in [1.82, 2.24) is 14.8 Å². The SMILES string of the molecule is Cc1cc(C(Cc2cn3ccsc3n2)NN)sc1Br. The first kappa shape index (κ1) is 13.3. The lowest BCUT2D eigenvalue weighted by Gasteiger charge is -2.12. The summed E-state index contributed by atoms with van der Waals surface area (Å²) in [4.78, 5) is 6.84. The van der Waals surface area contributed by atoms with Gasteiger partial charge >= 0.3 is 0 Å². The summed E-state index contributed by atoms with van der Waals surface area (Å²) in [5.74, 6) is 5.69. The van der Waals surface area contributed by atoms with E-state index in [1.165, 1.54) is 10.4 Å². The van der Waals surface area contributed by atoms with Crippen LogP contribution in [0.1, 0.15) is 22.2 Å². The number of aromatic nitrogens is 2. The molecule has 0 aliphatic heterocycles. The fourth-order valence-corrected chi connectivity index (χ4v) is 4.33. The molecule has 1 unspecified atom stereocenters. The number of thiophene rings is 1. The Hall–Kier alpha value is -0.730. The summed E-state index contributed by atoms with van der Waals surface area (Å²) in [6, 6.07) is 2.26. The molecule has 0 bridgehead atoms. The molecule has 19 heavy (non-hydrogen) atoms. The third-order valence-electron chi connectivity index (χ3n) is 2.98. The molecule has 3 aromatic heterocycles. The number of hydrogen-bond acceptors (Lipinski definition) is 5. The zero-order chi connectivity index (χ0) is 13.4. The molecule has 4 nitrogen and oxygen atoms in total. The van der Waals surface area contributed by atoms with Gasteiger partial charge in [0.25, 0.3) is 0 Å². The zero-order valence-electron chi connectivity index (χ0n) is 10.3. The van der Waals surface area contributed by atoms with Gasteiger partial charge in [-0.3, -0.25) is 15.7 Å². The van der Waals surface area contributed by atoms with Crippen LogP contribution in [-0.4, -0.2) is 9.38 Å². The van der Waals surface area contributed by atoms with Crippen molar-refractivity contribution >= 4 is 43.6 Å². The van der Waals surface area contributed by atoms with E-state index >= 15 is 0 Å². The van der Waals surface area contributed by atoms with Crippen LogP contribution < -0.4 is 11.3 Å². The van der Waals surface area contributed by atoms with Crippen LogP contribution >= 0.6 is 38.6 Å². The van der Waals surface area contributed by atoms with Crippen LogP contribution in [0.2, 0.25) is 0 Å². The van der Waals surface area contributed by atoms with Crippen LogP contribution in [0.25, 0.3) is 4.96 Å². The van der Waals surface area contributed by atoms with Crippen LogP contribution in [0.3, 0.4) is 0 Å². The van der Waals surface area contributed by atoms with Gasteiger partial charge in [0.05, 0.1) is 15.5 Å². The van der Waals surface area contributed by atoms with E-state index in [0.29, 0.717) is 0 Å². The Bertz CT molecular complexity index is 652. The Labute approximate surface area is 127 Å². The van der Waals surface area contributed by atoms with Crippen molar-refractivity contribution in [3.05, 3.63) is 43.8 Å². The smallest absolute Gasteiger partial charge is 0.193 e. The first-order valence-corrected chi connectivity index (χ1v) is 8.29. The fraction of sp³-hybridized carbons (Fsp3) is 0.250. The molecule has 0 aliphatic carbocycles. The molecule has 3 rings (SSSR count). The number of hydrazine groups is 1. The predicted octanol–water partition coefficient (Wildman–Crippen LogP) is 3.28. The molecular weight excluding hydrogens is 344 g/mol. The molecule has 3 heterocycles. The summed E-state index contributed by atoms with van der Waals surface area (Å²) in [5.41, 5.74) is 5.18. The molecule has 0 fully saturated rings. The monoisotopic (exact) mass is 356 g/mol. The molecule has 0 spiro atoms. The summed E-state index contributed by atoms with van der Waals surface area (Å²) in [7, 11) is 0. The van der Waals surface area contributed by atoms with Gasteiger partial charge in [-0.25, -0.2) is 4.98 Å². The Morgan fingerprint density at radius 2 is 2.42 bits per heavy atom. The van der Waals surface area contributed by atoms with Crippen molar-refractivity contribution in [2.75, 3.05) is 0 Å². The number of nitrogens with one attached hydrogen (secondary N) is 1. The number of aryl methyl sites for hydroxylation is 1. The zero-order valence-corrected chi connectivity index (χ0v) is 13.5. The van der Waals surface area contributed by atoms with Gasteiger partial charge < -0.3 is 0 Å². The number of nitrogens with zero attached hydrogens (tertiary/aromatic N) is 2. The van der Waals surface area contributed by atoms with Crippen molar-refractivity contribution in [3.63, 3.8) is 0 Å².